The summed E-state index contributed by atoms with van der Waals surface area (Å²) < 4.78 is 14.2. The van der Waals surface area contributed by atoms with Crippen molar-refractivity contribution in [1.29, 1.82) is 0 Å². The number of halogens is 4. The van der Waals surface area contributed by atoms with E-state index < -0.39 is 11.8 Å². The van der Waals surface area contributed by atoms with E-state index in [1.54, 1.807) is 18.2 Å². The Bertz CT molecular complexity index is 913. The van der Waals surface area contributed by atoms with Crippen LogP contribution in [-0.2, 0) is 11.2 Å². The number of hydrogen-bond donors (Lipinski definition) is 2. The molecule has 0 aliphatic heterocycles. The summed E-state index contributed by atoms with van der Waals surface area (Å²) in [6.07, 6.45) is 1.22. The van der Waals surface area contributed by atoms with E-state index in [1.807, 2.05) is 0 Å². The molecule has 1 aromatic heterocycles. The normalized spacial score (nSPS) is 11.1. The minimum Gasteiger partial charge on any atom is -0.481 e. The van der Waals surface area contributed by atoms with E-state index in [-0.39, 0.29) is 26.9 Å². The number of carboxylic acid groups (broad SMARTS) is 1. The Hall–Kier alpha value is -1.75. The van der Waals surface area contributed by atoms with Crippen LogP contribution in [0.3, 0.4) is 0 Å². The van der Waals surface area contributed by atoms with Gasteiger partial charge in [-0.1, -0.05) is 34.8 Å². The van der Waals surface area contributed by atoms with Crippen LogP contribution in [0.15, 0.2) is 30.5 Å². The third-order valence-corrected chi connectivity index (χ3v) is 4.70. The summed E-state index contributed by atoms with van der Waals surface area (Å²) in [5.74, 6) is -1.53. The lowest BCUT2D eigenvalue weighted by atomic mass is 10.0. The Morgan fingerprint density at radius 1 is 1.17 bits per heavy atom. The molecule has 0 amide bonds. The largest absolute Gasteiger partial charge is 0.481 e. The zero-order valence-electron chi connectivity index (χ0n) is 11.5. The predicted molar refractivity (Wildman–Crippen MR) is 90.1 cm³/mol. The number of aliphatic carboxylic acids is 1. The topological polar surface area (TPSA) is 53.1 Å². The van der Waals surface area contributed by atoms with Crippen LogP contribution in [0.1, 0.15) is 5.56 Å². The average Bonchev–Trinajstić information content (AvgIpc) is 2.88. The molecule has 1 heterocycles. The molecule has 0 saturated heterocycles. The van der Waals surface area contributed by atoms with Gasteiger partial charge in [-0.25, -0.2) is 4.39 Å². The molecule has 118 valence electrons. The second-order valence-corrected chi connectivity index (χ2v) is 6.18. The van der Waals surface area contributed by atoms with Crippen molar-refractivity contribution in [2.75, 3.05) is 0 Å². The molecule has 3 aromatic rings. The standard InChI is InChI=1S/C16H9Cl3FNO2/c17-10-3-7(4-11(18)15(10)19)9-1-2-12(20)14-8(5-13(22)23)6-21-16(9)14/h1-4,6,21H,5H2,(H,22,23). The lowest BCUT2D eigenvalue weighted by molar-refractivity contribution is -0.136. The number of fused-ring (bicyclic) bond motifs is 1. The van der Waals surface area contributed by atoms with Gasteiger partial charge in [0.15, 0.2) is 0 Å². The summed E-state index contributed by atoms with van der Waals surface area (Å²) in [6.45, 7) is 0. The van der Waals surface area contributed by atoms with Gasteiger partial charge in [0.2, 0.25) is 0 Å². The number of nitrogens with one attached hydrogen (secondary N) is 1. The fourth-order valence-corrected chi connectivity index (χ4v) is 3.12. The van der Waals surface area contributed by atoms with Crippen molar-refractivity contribution in [2.45, 2.75) is 6.42 Å². The highest BCUT2D eigenvalue weighted by Gasteiger charge is 2.17. The zero-order valence-corrected chi connectivity index (χ0v) is 13.7. The summed E-state index contributed by atoms with van der Waals surface area (Å²) >= 11 is 18.0. The van der Waals surface area contributed by atoms with Crippen LogP contribution in [0.25, 0.3) is 22.0 Å². The van der Waals surface area contributed by atoms with Gasteiger partial charge >= 0.3 is 5.97 Å². The molecule has 7 heteroatoms. The Balaban J connectivity index is 2.25. The van der Waals surface area contributed by atoms with Gasteiger partial charge in [0.1, 0.15) is 5.82 Å². The summed E-state index contributed by atoms with van der Waals surface area (Å²) in [6, 6.07) is 6.11. The quantitative estimate of drug-likeness (QED) is 0.591. The number of carboxylic acids is 1. The fraction of sp³-hybridized carbons (Fsp3) is 0.0625. The van der Waals surface area contributed by atoms with Gasteiger partial charge in [0.05, 0.1) is 27.0 Å². The van der Waals surface area contributed by atoms with Crippen LogP contribution in [0.5, 0.6) is 0 Å². The van der Waals surface area contributed by atoms with E-state index in [1.165, 1.54) is 12.3 Å². The fourth-order valence-electron chi connectivity index (χ4n) is 2.53. The van der Waals surface area contributed by atoms with Gasteiger partial charge in [-0.2, -0.15) is 0 Å². The van der Waals surface area contributed by atoms with Crippen LogP contribution in [-0.4, -0.2) is 16.1 Å². The van der Waals surface area contributed by atoms with Crippen LogP contribution >= 0.6 is 34.8 Å². The van der Waals surface area contributed by atoms with Crippen LogP contribution in [0.4, 0.5) is 4.39 Å². The van der Waals surface area contributed by atoms with Crippen molar-refractivity contribution >= 4 is 51.7 Å². The number of benzene rings is 2. The van der Waals surface area contributed by atoms with Gasteiger partial charge < -0.3 is 10.1 Å². The summed E-state index contributed by atoms with van der Waals surface area (Å²) in [7, 11) is 0. The molecule has 2 aromatic carbocycles. The van der Waals surface area contributed by atoms with Crippen molar-refractivity contribution in [3.63, 3.8) is 0 Å². The second-order valence-electron chi connectivity index (χ2n) is 4.98. The maximum absolute atomic E-state index is 14.2. The molecular weight excluding hydrogens is 364 g/mol. The second kappa shape index (κ2) is 6.04. The maximum Gasteiger partial charge on any atom is 0.307 e. The van der Waals surface area contributed by atoms with Crippen LogP contribution in [0, 0.1) is 5.82 Å². The first-order valence-corrected chi connectivity index (χ1v) is 7.67. The summed E-state index contributed by atoms with van der Waals surface area (Å²) in [5, 5.41) is 9.99. The Morgan fingerprint density at radius 2 is 1.83 bits per heavy atom. The molecule has 23 heavy (non-hydrogen) atoms. The van der Waals surface area contributed by atoms with Crippen molar-refractivity contribution in [3.05, 3.63) is 56.9 Å². The summed E-state index contributed by atoms with van der Waals surface area (Å²) in [4.78, 5) is 13.8. The molecule has 3 nitrogen and oxygen atoms in total. The summed E-state index contributed by atoms with van der Waals surface area (Å²) in [5.41, 5.74) is 2.16. The van der Waals surface area contributed by atoms with E-state index in [0.29, 0.717) is 22.2 Å². The van der Waals surface area contributed by atoms with Gasteiger partial charge in [-0.05, 0) is 35.4 Å². The molecule has 0 atom stereocenters. The number of hydrogen-bond acceptors (Lipinski definition) is 1. The molecule has 3 rings (SSSR count). The molecule has 0 aliphatic rings. The molecule has 0 radical (unpaired) electrons. The maximum atomic E-state index is 14.2. The molecule has 0 aliphatic carbocycles. The molecule has 2 N–H and O–H groups in total. The van der Waals surface area contributed by atoms with Crippen LogP contribution < -0.4 is 0 Å². The minimum atomic E-state index is -1.03. The van der Waals surface area contributed by atoms with Crippen molar-refractivity contribution in [3.8, 4) is 11.1 Å². The molecule has 0 bridgehead atoms. The van der Waals surface area contributed by atoms with E-state index >= 15 is 0 Å². The highest BCUT2D eigenvalue weighted by Crippen LogP contribution is 2.38. The Kier molecular flexibility index (Phi) is 4.23. The highest BCUT2D eigenvalue weighted by atomic mass is 35.5. The van der Waals surface area contributed by atoms with Crippen molar-refractivity contribution in [2.24, 2.45) is 0 Å². The minimum absolute atomic E-state index is 0.243. The Labute approximate surface area is 145 Å². The molecule has 0 saturated carbocycles. The Morgan fingerprint density at radius 3 is 2.43 bits per heavy atom. The third-order valence-electron chi connectivity index (χ3n) is 3.50. The van der Waals surface area contributed by atoms with E-state index in [2.05, 4.69) is 4.98 Å². The van der Waals surface area contributed by atoms with E-state index in [0.717, 1.165) is 0 Å². The molecule has 0 spiro atoms. The number of carbonyl (C=O) groups is 1. The van der Waals surface area contributed by atoms with E-state index in [9.17, 15) is 9.18 Å². The number of aromatic nitrogens is 1. The van der Waals surface area contributed by atoms with Gasteiger partial charge in [-0.3, -0.25) is 4.79 Å². The zero-order chi connectivity index (χ0) is 16.7. The van der Waals surface area contributed by atoms with Crippen molar-refractivity contribution < 1.29 is 14.3 Å². The van der Waals surface area contributed by atoms with Gasteiger partial charge in [0.25, 0.3) is 0 Å². The lowest BCUT2D eigenvalue weighted by Crippen LogP contribution is -1.99. The van der Waals surface area contributed by atoms with Crippen LogP contribution in [0.2, 0.25) is 15.1 Å². The number of rotatable bonds is 3. The monoisotopic (exact) mass is 371 g/mol. The molecule has 0 fully saturated rings. The average molecular weight is 373 g/mol. The van der Waals surface area contributed by atoms with Crippen molar-refractivity contribution in [1.82, 2.24) is 4.98 Å². The van der Waals surface area contributed by atoms with E-state index in [4.69, 9.17) is 39.9 Å². The number of aromatic amines is 1. The molecular formula is C16H9Cl3FNO2. The highest BCUT2D eigenvalue weighted by molar-refractivity contribution is 6.48. The first kappa shape index (κ1) is 16.1. The third kappa shape index (κ3) is 2.90. The first-order valence-electron chi connectivity index (χ1n) is 6.53. The van der Waals surface area contributed by atoms with Gasteiger partial charge in [0, 0.05) is 17.1 Å². The van der Waals surface area contributed by atoms with Gasteiger partial charge in [-0.15, -0.1) is 0 Å². The lowest BCUT2D eigenvalue weighted by Gasteiger charge is -2.08. The SMILES string of the molecule is O=C(O)Cc1c[nH]c2c(-c3cc(Cl)c(Cl)c(Cl)c3)ccc(F)c12. The number of H-pyrrole nitrogens is 1. The molecule has 0 unspecified atom stereocenters. The smallest absolute Gasteiger partial charge is 0.307 e. The first-order chi connectivity index (χ1) is 10.9. The predicted octanol–water partition coefficient (Wildman–Crippen LogP) is 5.56.